The van der Waals surface area contributed by atoms with E-state index in [0.29, 0.717) is 6.54 Å². The Balaban J connectivity index is 2.64. The topological polar surface area (TPSA) is 52.0 Å². The lowest BCUT2D eigenvalue weighted by atomic mass is 9.93. The molecule has 0 fully saturated rings. The van der Waals surface area contributed by atoms with Gasteiger partial charge in [-0.2, -0.15) is 0 Å². The molecule has 74 valence electrons. The van der Waals surface area contributed by atoms with E-state index in [-0.39, 0.29) is 5.41 Å². The van der Waals surface area contributed by atoms with Crippen molar-refractivity contribution in [3.05, 3.63) is 17.5 Å². The molecular formula is C10H18N2O. The number of rotatable bonds is 3. The van der Waals surface area contributed by atoms with Crippen LogP contribution in [-0.4, -0.2) is 11.7 Å². The van der Waals surface area contributed by atoms with Crippen LogP contribution in [-0.2, 0) is 11.8 Å². The third-order valence-electron chi connectivity index (χ3n) is 1.94. The Bertz CT molecular complexity index is 260. The van der Waals surface area contributed by atoms with Gasteiger partial charge in [0, 0.05) is 11.5 Å². The number of aryl methyl sites for hydroxylation is 1. The van der Waals surface area contributed by atoms with Gasteiger partial charge in [0.25, 0.3) is 0 Å². The first-order valence-electron chi connectivity index (χ1n) is 4.70. The summed E-state index contributed by atoms with van der Waals surface area (Å²) in [6, 6.07) is 2.02. The van der Waals surface area contributed by atoms with Crippen LogP contribution in [0.4, 0.5) is 0 Å². The molecule has 0 radical (unpaired) electrons. The molecule has 0 unspecified atom stereocenters. The summed E-state index contributed by atoms with van der Waals surface area (Å²) in [6.07, 6.45) is 1.88. The lowest BCUT2D eigenvalue weighted by molar-refractivity contribution is 0.325. The zero-order chi connectivity index (χ0) is 9.90. The van der Waals surface area contributed by atoms with E-state index in [1.165, 1.54) is 0 Å². The van der Waals surface area contributed by atoms with Crippen LogP contribution in [0.1, 0.15) is 38.6 Å². The minimum absolute atomic E-state index is 0.0496. The van der Waals surface area contributed by atoms with Gasteiger partial charge < -0.3 is 10.3 Å². The van der Waals surface area contributed by atoms with Crippen molar-refractivity contribution in [2.75, 3.05) is 6.54 Å². The molecule has 0 aliphatic rings. The quantitative estimate of drug-likeness (QED) is 0.776. The largest absolute Gasteiger partial charge is 0.361 e. The Labute approximate surface area is 79.3 Å². The molecule has 0 saturated carbocycles. The Kier molecular flexibility index (Phi) is 3.09. The molecule has 0 bridgehead atoms. The van der Waals surface area contributed by atoms with Crippen molar-refractivity contribution in [1.29, 1.82) is 0 Å². The van der Waals surface area contributed by atoms with Crippen LogP contribution in [0.3, 0.4) is 0 Å². The average Bonchev–Trinajstić information content (AvgIpc) is 2.47. The Hall–Kier alpha value is -0.830. The smallest absolute Gasteiger partial charge is 0.142 e. The first kappa shape index (κ1) is 10.3. The summed E-state index contributed by atoms with van der Waals surface area (Å²) >= 11 is 0. The first-order chi connectivity index (χ1) is 6.04. The lowest BCUT2D eigenvalue weighted by Gasteiger charge is -2.12. The highest BCUT2D eigenvalue weighted by atomic mass is 16.5. The third kappa shape index (κ3) is 2.84. The fraction of sp³-hybridized carbons (Fsp3) is 0.700. The van der Waals surface area contributed by atoms with Crippen LogP contribution in [0.15, 0.2) is 10.6 Å². The molecule has 0 aliphatic carbocycles. The molecule has 1 rings (SSSR count). The Morgan fingerprint density at radius 1 is 1.46 bits per heavy atom. The van der Waals surface area contributed by atoms with Gasteiger partial charge in [0.15, 0.2) is 0 Å². The van der Waals surface area contributed by atoms with Crippen molar-refractivity contribution in [2.24, 2.45) is 5.73 Å². The summed E-state index contributed by atoms with van der Waals surface area (Å²) in [4.78, 5) is 0. The van der Waals surface area contributed by atoms with Gasteiger partial charge in [-0.3, -0.25) is 0 Å². The summed E-state index contributed by atoms with van der Waals surface area (Å²) in [7, 11) is 0. The molecule has 1 heterocycles. The van der Waals surface area contributed by atoms with E-state index in [1.54, 1.807) is 0 Å². The zero-order valence-electron chi connectivity index (χ0n) is 8.63. The summed E-state index contributed by atoms with van der Waals surface area (Å²) in [5.74, 6) is 0.944. The second-order valence-corrected chi connectivity index (χ2v) is 4.32. The van der Waals surface area contributed by atoms with Gasteiger partial charge in [-0.15, -0.1) is 0 Å². The van der Waals surface area contributed by atoms with Crippen molar-refractivity contribution < 1.29 is 4.52 Å². The van der Waals surface area contributed by atoms with Crippen molar-refractivity contribution in [3.63, 3.8) is 0 Å². The molecule has 0 saturated heterocycles. The summed E-state index contributed by atoms with van der Waals surface area (Å²) in [5, 5.41) is 3.99. The van der Waals surface area contributed by atoms with Gasteiger partial charge in [-0.1, -0.05) is 25.9 Å². The zero-order valence-corrected chi connectivity index (χ0v) is 8.63. The van der Waals surface area contributed by atoms with E-state index in [0.717, 1.165) is 24.3 Å². The summed E-state index contributed by atoms with van der Waals surface area (Å²) < 4.78 is 5.24. The molecule has 13 heavy (non-hydrogen) atoms. The maximum atomic E-state index is 5.41. The molecular weight excluding hydrogens is 164 g/mol. The predicted octanol–water partition coefficient (Wildman–Crippen LogP) is 1.86. The molecule has 3 heteroatoms. The fourth-order valence-corrected chi connectivity index (χ4v) is 1.07. The molecule has 3 nitrogen and oxygen atoms in total. The van der Waals surface area contributed by atoms with E-state index in [9.17, 15) is 0 Å². The molecule has 0 spiro atoms. The molecule has 0 aliphatic heterocycles. The molecule has 2 N–H and O–H groups in total. The van der Waals surface area contributed by atoms with Crippen LogP contribution >= 0.6 is 0 Å². The number of aromatic nitrogens is 1. The van der Waals surface area contributed by atoms with E-state index in [1.807, 2.05) is 6.07 Å². The van der Waals surface area contributed by atoms with Gasteiger partial charge >= 0.3 is 0 Å². The van der Waals surface area contributed by atoms with E-state index in [2.05, 4.69) is 25.9 Å². The predicted molar refractivity (Wildman–Crippen MR) is 52.6 cm³/mol. The van der Waals surface area contributed by atoms with Crippen molar-refractivity contribution >= 4 is 0 Å². The van der Waals surface area contributed by atoms with Crippen LogP contribution in [0.25, 0.3) is 0 Å². The van der Waals surface area contributed by atoms with Crippen LogP contribution < -0.4 is 5.73 Å². The van der Waals surface area contributed by atoms with Crippen LogP contribution in [0, 0.1) is 0 Å². The normalized spacial score (nSPS) is 12.0. The second-order valence-electron chi connectivity index (χ2n) is 4.32. The molecule has 0 amide bonds. The van der Waals surface area contributed by atoms with Gasteiger partial charge in [-0.25, -0.2) is 0 Å². The molecule has 0 aromatic carbocycles. The van der Waals surface area contributed by atoms with E-state index < -0.39 is 0 Å². The standard InChI is InChI=1S/C10H18N2O/c1-10(2,3)9-7-8(12-13-9)5-4-6-11/h7H,4-6,11H2,1-3H3. The number of hydrogen-bond acceptors (Lipinski definition) is 3. The Morgan fingerprint density at radius 2 is 2.15 bits per heavy atom. The SMILES string of the molecule is CC(C)(C)c1cc(CCCN)no1. The average molecular weight is 182 g/mol. The number of nitrogens with zero attached hydrogens (tertiary/aromatic N) is 1. The minimum Gasteiger partial charge on any atom is -0.361 e. The monoisotopic (exact) mass is 182 g/mol. The van der Waals surface area contributed by atoms with E-state index >= 15 is 0 Å². The van der Waals surface area contributed by atoms with Gasteiger partial charge in [0.05, 0.1) is 5.69 Å². The number of nitrogens with two attached hydrogens (primary N) is 1. The van der Waals surface area contributed by atoms with Crippen LogP contribution in [0.5, 0.6) is 0 Å². The van der Waals surface area contributed by atoms with Crippen molar-refractivity contribution in [2.45, 2.75) is 39.0 Å². The highest BCUT2D eigenvalue weighted by Gasteiger charge is 2.19. The molecule has 0 atom stereocenters. The molecule has 1 aromatic heterocycles. The first-order valence-corrected chi connectivity index (χ1v) is 4.70. The highest BCUT2D eigenvalue weighted by molar-refractivity contribution is 5.12. The van der Waals surface area contributed by atoms with Gasteiger partial charge in [0.2, 0.25) is 0 Å². The van der Waals surface area contributed by atoms with E-state index in [4.69, 9.17) is 10.3 Å². The molecule has 1 aromatic rings. The Morgan fingerprint density at radius 3 is 2.62 bits per heavy atom. The van der Waals surface area contributed by atoms with Crippen molar-refractivity contribution in [1.82, 2.24) is 5.16 Å². The maximum absolute atomic E-state index is 5.41. The van der Waals surface area contributed by atoms with Crippen LogP contribution in [0.2, 0.25) is 0 Å². The highest BCUT2D eigenvalue weighted by Crippen LogP contribution is 2.22. The van der Waals surface area contributed by atoms with Crippen molar-refractivity contribution in [3.8, 4) is 0 Å². The second kappa shape index (κ2) is 3.92. The summed E-state index contributed by atoms with van der Waals surface area (Å²) in [6.45, 7) is 7.04. The fourth-order valence-electron chi connectivity index (χ4n) is 1.07. The van der Waals surface area contributed by atoms with Gasteiger partial charge in [-0.05, 0) is 19.4 Å². The third-order valence-corrected chi connectivity index (χ3v) is 1.94. The lowest BCUT2D eigenvalue weighted by Crippen LogP contribution is -2.09. The maximum Gasteiger partial charge on any atom is 0.142 e. The van der Waals surface area contributed by atoms with Gasteiger partial charge in [0.1, 0.15) is 5.76 Å². The summed E-state index contributed by atoms with van der Waals surface area (Å²) in [5.41, 5.74) is 6.47. The minimum atomic E-state index is 0.0496. The number of hydrogen-bond donors (Lipinski definition) is 1.